The molecular weight excluding hydrogens is 396 g/mol. The number of benzene rings is 3. The predicted octanol–water partition coefficient (Wildman–Crippen LogP) is 4.02. The molecule has 0 aliphatic heterocycles. The first kappa shape index (κ1) is 20.2. The van der Waals surface area contributed by atoms with Crippen molar-refractivity contribution in [1.82, 2.24) is 4.72 Å². The van der Waals surface area contributed by atoms with Crippen molar-refractivity contribution in [3.8, 4) is 5.75 Å². The Morgan fingerprint density at radius 2 is 1.46 bits per heavy atom. The summed E-state index contributed by atoms with van der Waals surface area (Å²) in [6, 6.07) is 21.2. The molecule has 0 amide bonds. The summed E-state index contributed by atoms with van der Waals surface area (Å²) >= 11 is 5.87. The van der Waals surface area contributed by atoms with E-state index in [4.69, 9.17) is 22.1 Å². The molecule has 0 heterocycles. The molecule has 7 heteroatoms. The number of ether oxygens (including phenoxy) is 1. The molecule has 0 spiro atoms. The van der Waals surface area contributed by atoms with E-state index in [1.165, 1.54) is 12.1 Å². The molecule has 0 saturated carbocycles. The van der Waals surface area contributed by atoms with Gasteiger partial charge in [-0.15, -0.1) is 0 Å². The molecule has 3 aromatic rings. The van der Waals surface area contributed by atoms with Crippen LogP contribution in [0.15, 0.2) is 77.7 Å². The lowest BCUT2D eigenvalue weighted by molar-refractivity contribution is 0.306. The van der Waals surface area contributed by atoms with Gasteiger partial charge < -0.3 is 10.5 Å². The number of sulfonamides is 1. The molecule has 0 atom stereocenters. The summed E-state index contributed by atoms with van der Waals surface area (Å²) in [4.78, 5) is 0.202. The molecule has 0 aromatic heterocycles. The molecule has 0 aliphatic rings. The molecule has 5 nitrogen and oxygen atoms in total. The van der Waals surface area contributed by atoms with Crippen LogP contribution in [0.1, 0.15) is 11.1 Å². The quantitative estimate of drug-likeness (QED) is 0.543. The Balaban J connectivity index is 1.49. The van der Waals surface area contributed by atoms with Gasteiger partial charge in [0.1, 0.15) is 12.4 Å². The van der Waals surface area contributed by atoms with Crippen LogP contribution in [-0.2, 0) is 23.1 Å². The number of rotatable bonds is 8. The van der Waals surface area contributed by atoms with Crippen molar-refractivity contribution in [3.05, 3.63) is 88.9 Å². The number of hydrogen-bond donors (Lipinski definition) is 2. The van der Waals surface area contributed by atoms with E-state index in [2.05, 4.69) is 4.72 Å². The summed E-state index contributed by atoms with van der Waals surface area (Å²) in [7, 11) is -3.54. The second kappa shape index (κ2) is 9.10. The lowest BCUT2D eigenvalue weighted by Gasteiger charge is -2.09. The van der Waals surface area contributed by atoms with Crippen molar-refractivity contribution in [2.24, 2.45) is 0 Å². The van der Waals surface area contributed by atoms with Gasteiger partial charge in [-0.25, -0.2) is 13.1 Å². The summed E-state index contributed by atoms with van der Waals surface area (Å²) in [6.07, 6.45) is 0.575. The van der Waals surface area contributed by atoms with Crippen LogP contribution in [-0.4, -0.2) is 15.0 Å². The third kappa shape index (κ3) is 5.73. The monoisotopic (exact) mass is 416 g/mol. The van der Waals surface area contributed by atoms with Crippen LogP contribution in [0.25, 0.3) is 0 Å². The Kier molecular flexibility index (Phi) is 6.57. The lowest BCUT2D eigenvalue weighted by Crippen LogP contribution is -2.26. The van der Waals surface area contributed by atoms with E-state index in [1.54, 1.807) is 12.1 Å². The number of nitrogens with two attached hydrogens (primary N) is 1. The molecule has 0 unspecified atom stereocenters. The Morgan fingerprint density at radius 3 is 2.11 bits per heavy atom. The van der Waals surface area contributed by atoms with Crippen LogP contribution in [0.5, 0.6) is 5.75 Å². The average molecular weight is 417 g/mol. The van der Waals surface area contributed by atoms with Gasteiger partial charge in [0.05, 0.1) is 4.90 Å². The van der Waals surface area contributed by atoms with Gasteiger partial charge in [-0.1, -0.05) is 35.9 Å². The fourth-order valence-electron chi connectivity index (χ4n) is 2.56. The Bertz CT molecular complexity index is 1000. The Hall–Kier alpha value is -2.54. The Morgan fingerprint density at radius 1 is 0.857 bits per heavy atom. The summed E-state index contributed by atoms with van der Waals surface area (Å²) in [6.45, 7) is 0.760. The summed E-state index contributed by atoms with van der Waals surface area (Å²) in [5.41, 5.74) is 8.16. The van der Waals surface area contributed by atoms with Gasteiger partial charge in [-0.05, 0) is 66.1 Å². The minimum absolute atomic E-state index is 0.202. The highest BCUT2D eigenvalue weighted by atomic mass is 35.5. The molecule has 0 bridgehead atoms. The number of nitrogens with one attached hydrogen (secondary N) is 1. The molecule has 0 radical (unpaired) electrons. The maximum atomic E-state index is 12.2. The van der Waals surface area contributed by atoms with Crippen LogP contribution < -0.4 is 15.2 Å². The number of nitrogen functional groups attached to an aromatic ring is 1. The fourth-order valence-corrected chi connectivity index (χ4v) is 3.72. The van der Waals surface area contributed by atoms with Gasteiger partial charge in [0.15, 0.2) is 0 Å². The molecule has 3 N–H and O–H groups in total. The van der Waals surface area contributed by atoms with Gasteiger partial charge in [0.25, 0.3) is 0 Å². The van der Waals surface area contributed by atoms with Gasteiger partial charge >= 0.3 is 0 Å². The zero-order valence-electron chi connectivity index (χ0n) is 15.1. The first-order valence-electron chi connectivity index (χ1n) is 8.74. The molecule has 0 saturated heterocycles. The summed E-state index contributed by atoms with van der Waals surface area (Å²) in [5, 5.41) is 0.695. The summed E-state index contributed by atoms with van der Waals surface area (Å²) in [5.74, 6) is 0.751. The van der Waals surface area contributed by atoms with Crippen molar-refractivity contribution in [2.45, 2.75) is 17.9 Å². The molecule has 3 rings (SSSR count). The van der Waals surface area contributed by atoms with E-state index in [0.29, 0.717) is 30.3 Å². The lowest BCUT2D eigenvalue weighted by atomic mass is 10.1. The van der Waals surface area contributed by atoms with Gasteiger partial charge in [-0.3, -0.25) is 0 Å². The highest BCUT2D eigenvalue weighted by molar-refractivity contribution is 7.89. The minimum Gasteiger partial charge on any atom is -0.489 e. The maximum Gasteiger partial charge on any atom is 0.240 e. The minimum atomic E-state index is -3.54. The largest absolute Gasteiger partial charge is 0.489 e. The van der Waals surface area contributed by atoms with Gasteiger partial charge in [0, 0.05) is 17.3 Å². The predicted molar refractivity (Wildman–Crippen MR) is 112 cm³/mol. The highest BCUT2D eigenvalue weighted by Crippen LogP contribution is 2.16. The maximum absolute atomic E-state index is 12.2. The van der Waals surface area contributed by atoms with E-state index in [9.17, 15) is 8.42 Å². The Labute approximate surface area is 170 Å². The van der Waals surface area contributed by atoms with Crippen molar-refractivity contribution in [1.29, 1.82) is 0 Å². The average Bonchev–Trinajstić information content (AvgIpc) is 2.69. The second-order valence-corrected chi connectivity index (χ2v) is 8.48. The van der Waals surface area contributed by atoms with Crippen LogP contribution in [0.4, 0.5) is 5.69 Å². The van der Waals surface area contributed by atoms with Crippen molar-refractivity contribution >= 4 is 27.3 Å². The smallest absolute Gasteiger partial charge is 0.240 e. The van der Waals surface area contributed by atoms with Gasteiger partial charge in [0.2, 0.25) is 10.0 Å². The normalized spacial score (nSPS) is 11.3. The van der Waals surface area contributed by atoms with Crippen LogP contribution in [0, 0.1) is 0 Å². The van der Waals surface area contributed by atoms with Crippen LogP contribution in [0.2, 0.25) is 5.02 Å². The van der Waals surface area contributed by atoms with E-state index in [1.807, 2.05) is 48.5 Å². The molecule has 146 valence electrons. The topological polar surface area (TPSA) is 81.4 Å². The molecule has 28 heavy (non-hydrogen) atoms. The van der Waals surface area contributed by atoms with Crippen molar-refractivity contribution in [2.75, 3.05) is 12.3 Å². The van der Waals surface area contributed by atoms with E-state index in [-0.39, 0.29) is 4.90 Å². The number of anilines is 1. The van der Waals surface area contributed by atoms with Crippen LogP contribution in [0.3, 0.4) is 0 Å². The summed E-state index contributed by atoms with van der Waals surface area (Å²) < 4.78 is 32.8. The molecule has 0 aliphatic carbocycles. The SMILES string of the molecule is Nc1ccc(S(=O)(=O)NCCc2ccc(OCc3ccc(Cl)cc3)cc2)cc1. The van der Waals surface area contributed by atoms with Crippen molar-refractivity contribution in [3.63, 3.8) is 0 Å². The number of halogens is 1. The van der Waals surface area contributed by atoms with Crippen molar-refractivity contribution < 1.29 is 13.2 Å². The van der Waals surface area contributed by atoms with E-state index in [0.717, 1.165) is 16.9 Å². The number of hydrogen-bond acceptors (Lipinski definition) is 4. The third-order valence-electron chi connectivity index (χ3n) is 4.14. The highest BCUT2D eigenvalue weighted by Gasteiger charge is 2.12. The molecule has 3 aromatic carbocycles. The van der Waals surface area contributed by atoms with E-state index < -0.39 is 10.0 Å². The zero-order chi connectivity index (χ0) is 20.0. The second-order valence-electron chi connectivity index (χ2n) is 6.28. The molecular formula is C21H21ClN2O3S. The van der Waals surface area contributed by atoms with Gasteiger partial charge in [-0.2, -0.15) is 0 Å². The van der Waals surface area contributed by atoms with E-state index >= 15 is 0 Å². The van der Waals surface area contributed by atoms with Crippen LogP contribution >= 0.6 is 11.6 Å². The first-order chi connectivity index (χ1) is 13.4. The standard InChI is InChI=1S/C21H21ClN2O3S/c22-18-5-1-17(2-6-18)15-27-20-9-3-16(4-10-20)13-14-24-28(25,26)21-11-7-19(23)8-12-21/h1-12,24H,13-15,23H2. The first-order valence-corrected chi connectivity index (χ1v) is 10.6. The molecule has 0 fully saturated rings. The third-order valence-corrected chi connectivity index (χ3v) is 5.87. The fraction of sp³-hybridized carbons (Fsp3) is 0.143. The zero-order valence-corrected chi connectivity index (χ0v) is 16.7.